The Morgan fingerprint density at radius 2 is 2.08 bits per heavy atom. The smallest absolute Gasteiger partial charge is 0.321 e. The lowest BCUT2D eigenvalue weighted by Gasteiger charge is -1.97. The Labute approximate surface area is 67.1 Å². The van der Waals surface area contributed by atoms with Gasteiger partial charge in [-0.15, -0.1) is 0 Å². The van der Waals surface area contributed by atoms with Gasteiger partial charge in [-0.3, -0.25) is 21.0 Å². The van der Waals surface area contributed by atoms with Crippen LogP contribution in [0.4, 0.5) is 0 Å². The van der Waals surface area contributed by atoms with E-state index < -0.39 is 10.9 Å². The third kappa shape index (κ3) is 1.11. The molecule has 0 aromatic carbocycles. The zero-order chi connectivity index (χ0) is 9.30. The summed E-state index contributed by atoms with van der Waals surface area (Å²) in [6, 6.07) is 0. The Morgan fingerprint density at radius 3 is 2.42 bits per heavy atom. The third-order valence-electron chi connectivity index (χ3n) is 1.37. The van der Waals surface area contributed by atoms with Crippen LogP contribution >= 0.6 is 0 Å². The maximum Gasteiger partial charge on any atom is 0.321 e. The summed E-state index contributed by atoms with van der Waals surface area (Å²) in [5.41, 5.74) is 4.19. The van der Waals surface area contributed by atoms with Crippen molar-refractivity contribution in [3.8, 4) is 0 Å². The van der Waals surface area contributed by atoms with Gasteiger partial charge in [-0.25, -0.2) is 0 Å². The van der Waals surface area contributed by atoms with E-state index in [-0.39, 0.29) is 17.1 Å². The highest BCUT2D eigenvalue weighted by atomic mass is 16.6. The van der Waals surface area contributed by atoms with Crippen molar-refractivity contribution in [1.82, 2.24) is 10.9 Å². The van der Waals surface area contributed by atoms with Crippen LogP contribution in [0.25, 0.3) is 0 Å². The number of aliphatic hydroxyl groups is 2. The minimum absolute atomic E-state index is 0.232. The molecule has 0 saturated carbocycles. The topological polar surface area (TPSA) is 108 Å². The fourth-order valence-electron chi connectivity index (χ4n) is 0.852. The zero-order valence-electron chi connectivity index (χ0n) is 6.16. The minimum Gasteiger partial charge on any atom is -0.479 e. The summed E-state index contributed by atoms with van der Waals surface area (Å²) in [4.78, 5) is 9.63. The molecule has 12 heavy (non-hydrogen) atoms. The molecular formula is C5H7N3O4. The van der Waals surface area contributed by atoms with E-state index in [9.17, 15) is 10.1 Å². The van der Waals surface area contributed by atoms with Crippen LogP contribution in [0.3, 0.4) is 0 Å². The molecule has 0 aromatic rings. The van der Waals surface area contributed by atoms with Crippen molar-refractivity contribution in [3.05, 3.63) is 33.2 Å². The summed E-state index contributed by atoms with van der Waals surface area (Å²) in [6.07, 6.45) is 0. The van der Waals surface area contributed by atoms with Gasteiger partial charge in [0.25, 0.3) is 0 Å². The number of aliphatic hydroxyl groups excluding tert-OH is 1. The van der Waals surface area contributed by atoms with Crippen molar-refractivity contribution >= 4 is 0 Å². The molecule has 1 aliphatic rings. The van der Waals surface area contributed by atoms with E-state index in [1.54, 1.807) is 0 Å². The summed E-state index contributed by atoms with van der Waals surface area (Å²) in [7, 11) is 0. The number of hydrazine groups is 1. The van der Waals surface area contributed by atoms with Crippen molar-refractivity contribution in [2.24, 2.45) is 0 Å². The number of allylic oxidation sites excluding steroid dienone is 1. The van der Waals surface area contributed by atoms with Crippen LogP contribution in [-0.2, 0) is 0 Å². The average Bonchev–Trinajstić information content (AvgIpc) is 2.30. The van der Waals surface area contributed by atoms with Crippen LogP contribution in [0.15, 0.2) is 23.0 Å². The van der Waals surface area contributed by atoms with E-state index >= 15 is 0 Å². The fraction of sp³-hybridized carbons (Fsp3) is 0.200. The van der Waals surface area contributed by atoms with Gasteiger partial charge in [0.15, 0.2) is 0 Å². The number of hydrogen-bond acceptors (Lipinski definition) is 6. The van der Waals surface area contributed by atoms with Crippen LogP contribution in [-0.4, -0.2) is 15.1 Å². The summed E-state index contributed by atoms with van der Waals surface area (Å²) < 4.78 is 0. The average molecular weight is 173 g/mol. The molecule has 0 fully saturated rings. The number of hydrogen-bond donors (Lipinski definition) is 4. The van der Waals surface area contributed by atoms with Gasteiger partial charge in [-0.1, -0.05) is 0 Å². The van der Waals surface area contributed by atoms with Gasteiger partial charge in [0, 0.05) is 0 Å². The first-order valence-electron chi connectivity index (χ1n) is 3.04. The van der Waals surface area contributed by atoms with Gasteiger partial charge >= 0.3 is 11.6 Å². The van der Waals surface area contributed by atoms with Crippen molar-refractivity contribution in [1.29, 1.82) is 0 Å². The van der Waals surface area contributed by atoms with Gasteiger partial charge in [-0.2, -0.15) is 0 Å². The van der Waals surface area contributed by atoms with Gasteiger partial charge in [0.1, 0.15) is 5.70 Å². The number of nitrogens with zero attached hydrogens (tertiary/aromatic N) is 1. The molecule has 0 radical (unpaired) electrons. The van der Waals surface area contributed by atoms with Gasteiger partial charge in [0.2, 0.25) is 5.70 Å². The third-order valence-corrected chi connectivity index (χ3v) is 1.37. The lowest BCUT2D eigenvalue weighted by molar-refractivity contribution is -0.421. The molecule has 1 rings (SSSR count). The molecule has 0 atom stereocenters. The number of rotatable bonds is 1. The lowest BCUT2D eigenvalue weighted by Crippen LogP contribution is -2.23. The van der Waals surface area contributed by atoms with Gasteiger partial charge < -0.3 is 10.2 Å². The fourth-order valence-corrected chi connectivity index (χ4v) is 0.852. The molecule has 0 aliphatic carbocycles. The lowest BCUT2D eigenvalue weighted by atomic mass is 10.3. The molecule has 0 bridgehead atoms. The van der Waals surface area contributed by atoms with E-state index in [1.165, 1.54) is 6.92 Å². The van der Waals surface area contributed by atoms with E-state index in [0.29, 0.717) is 0 Å². The molecule has 7 heteroatoms. The number of nitro groups is 1. The van der Waals surface area contributed by atoms with E-state index in [2.05, 4.69) is 10.9 Å². The standard InChI is InChI=1S/C5H7N3O4/c1-2-4(8(11)12)3(5(9)10)7-6-2/h6-7,9-10H,1H3. The predicted molar refractivity (Wildman–Crippen MR) is 38.2 cm³/mol. The summed E-state index contributed by atoms with van der Waals surface area (Å²) >= 11 is 0. The van der Waals surface area contributed by atoms with E-state index in [4.69, 9.17) is 10.2 Å². The molecule has 0 unspecified atom stereocenters. The second kappa shape index (κ2) is 2.61. The first-order valence-corrected chi connectivity index (χ1v) is 3.04. The van der Waals surface area contributed by atoms with E-state index in [1.807, 2.05) is 0 Å². The Morgan fingerprint density at radius 1 is 1.50 bits per heavy atom. The largest absolute Gasteiger partial charge is 0.479 e. The molecule has 1 aliphatic heterocycles. The summed E-state index contributed by atoms with van der Waals surface area (Å²) in [5, 5.41) is 27.5. The van der Waals surface area contributed by atoms with Crippen molar-refractivity contribution in [2.75, 3.05) is 0 Å². The highest BCUT2D eigenvalue weighted by molar-refractivity contribution is 5.31. The predicted octanol–water partition coefficient (Wildman–Crippen LogP) is -0.112. The maximum absolute atomic E-state index is 10.3. The first-order chi connectivity index (χ1) is 5.54. The molecule has 0 saturated heterocycles. The normalized spacial score (nSPS) is 15.6. The summed E-state index contributed by atoms with van der Waals surface area (Å²) in [5.74, 6) is -1.11. The summed E-state index contributed by atoms with van der Waals surface area (Å²) in [6.45, 7) is 1.45. The number of nitrogens with one attached hydrogen (secondary N) is 2. The molecule has 4 N–H and O–H groups in total. The second-order valence-electron chi connectivity index (χ2n) is 2.18. The molecule has 0 aromatic heterocycles. The maximum atomic E-state index is 10.3. The molecule has 66 valence electrons. The molecule has 1 heterocycles. The Bertz CT molecular complexity index is 289. The zero-order valence-corrected chi connectivity index (χ0v) is 6.16. The highest BCUT2D eigenvalue weighted by Crippen LogP contribution is 2.17. The van der Waals surface area contributed by atoms with Crippen molar-refractivity contribution < 1.29 is 15.1 Å². The first kappa shape index (κ1) is 8.18. The van der Waals surface area contributed by atoms with Crippen molar-refractivity contribution in [3.63, 3.8) is 0 Å². The van der Waals surface area contributed by atoms with Crippen LogP contribution in [0.1, 0.15) is 6.92 Å². The molecule has 7 nitrogen and oxygen atoms in total. The van der Waals surface area contributed by atoms with Gasteiger partial charge in [0.05, 0.1) is 4.92 Å². The molecule has 0 amide bonds. The van der Waals surface area contributed by atoms with Crippen LogP contribution in [0, 0.1) is 10.1 Å². The van der Waals surface area contributed by atoms with Crippen LogP contribution < -0.4 is 10.9 Å². The second-order valence-corrected chi connectivity index (χ2v) is 2.18. The van der Waals surface area contributed by atoms with Crippen LogP contribution in [0.5, 0.6) is 0 Å². The monoisotopic (exact) mass is 173 g/mol. The SMILES string of the molecule is CC1=C([N+](=O)[O-])C(=C(O)O)NN1. The Balaban J connectivity index is 3.15. The Hall–Kier alpha value is -1.92. The molecular weight excluding hydrogens is 166 g/mol. The minimum atomic E-state index is -1.11. The highest BCUT2D eigenvalue weighted by Gasteiger charge is 2.30. The quantitative estimate of drug-likeness (QED) is 0.250. The van der Waals surface area contributed by atoms with Crippen LogP contribution in [0.2, 0.25) is 0 Å². The Kier molecular flexibility index (Phi) is 1.78. The van der Waals surface area contributed by atoms with Gasteiger partial charge in [-0.05, 0) is 6.92 Å². The molecule has 0 spiro atoms. The van der Waals surface area contributed by atoms with E-state index in [0.717, 1.165) is 0 Å². The van der Waals surface area contributed by atoms with Crippen molar-refractivity contribution in [2.45, 2.75) is 6.92 Å².